The van der Waals surface area contributed by atoms with E-state index in [9.17, 15) is 9.59 Å². The first-order valence-electron chi connectivity index (χ1n) is 10.0. The maximum absolute atomic E-state index is 12.9. The van der Waals surface area contributed by atoms with Crippen LogP contribution in [0.3, 0.4) is 0 Å². The molecule has 3 heterocycles. The number of carbonyl (C=O) groups is 2. The second-order valence-corrected chi connectivity index (χ2v) is 8.48. The van der Waals surface area contributed by atoms with Crippen LogP contribution in [0.4, 0.5) is 11.5 Å². The molecule has 4 rings (SSSR count). The number of hydrogen-bond donors (Lipinski definition) is 2. The maximum atomic E-state index is 12.9. The van der Waals surface area contributed by atoms with Gasteiger partial charge in [-0.05, 0) is 73.1 Å². The number of benzene rings is 1. The average Bonchev–Trinajstić information content (AvgIpc) is 3.18. The van der Waals surface area contributed by atoms with Gasteiger partial charge in [0.15, 0.2) is 5.65 Å². The van der Waals surface area contributed by atoms with E-state index in [0.29, 0.717) is 28.3 Å². The SMILES string of the molecule is Cc1nc2c(cnn2C(C)C)cc1C(=O)Nc1cccc(C(=O)Nc2ccc(Br)cn2)c1. The molecule has 0 radical (unpaired) electrons. The molecule has 8 nitrogen and oxygen atoms in total. The van der Waals surface area contributed by atoms with Gasteiger partial charge in [0, 0.05) is 33.3 Å². The molecule has 0 unspecified atom stereocenters. The predicted octanol–water partition coefficient (Wildman–Crippen LogP) is 4.98. The number of hydrogen-bond acceptors (Lipinski definition) is 5. The third-order valence-corrected chi connectivity index (χ3v) is 5.31. The highest BCUT2D eigenvalue weighted by molar-refractivity contribution is 9.10. The van der Waals surface area contributed by atoms with E-state index in [0.717, 1.165) is 15.5 Å². The number of carbonyl (C=O) groups excluding carboxylic acids is 2. The number of pyridine rings is 2. The number of aromatic nitrogens is 4. The predicted molar refractivity (Wildman–Crippen MR) is 127 cm³/mol. The fourth-order valence-electron chi connectivity index (χ4n) is 3.25. The molecule has 32 heavy (non-hydrogen) atoms. The van der Waals surface area contributed by atoms with Gasteiger partial charge in [-0.2, -0.15) is 5.10 Å². The monoisotopic (exact) mass is 492 g/mol. The Bertz CT molecular complexity index is 1310. The van der Waals surface area contributed by atoms with Crippen molar-refractivity contribution in [1.82, 2.24) is 19.7 Å². The lowest BCUT2D eigenvalue weighted by Gasteiger charge is -2.11. The van der Waals surface area contributed by atoms with Gasteiger partial charge in [0.05, 0.1) is 17.5 Å². The molecule has 0 aliphatic heterocycles. The number of rotatable bonds is 5. The standard InChI is InChI=1S/C23H21BrN6O2/c1-13(2)30-21-16(11-26-30)10-19(14(3)27-21)23(32)28-18-6-4-5-15(9-18)22(31)29-20-8-7-17(24)12-25-20/h4-13H,1-3H3,(H,28,32)(H,25,29,31). The number of nitrogens with one attached hydrogen (secondary N) is 2. The van der Waals surface area contributed by atoms with Crippen molar-refractivity contribution in [2.75, 3.05) is 10.6 Å². The summed E-state index contributed by atoms with van der Waals surface area (Å²) in [6.45, 7) is 5.85. The number of fused-ring (bicyclic) bond motifs is 1. The van der Waals surface area contributed by atoms with Crippen molar-refractivity contribution in [1.29, 1.82) is 0 Å². The highest BCUT2D eigenvalue weighted by Crippen LogP contribution is 2.21. The fourth-order valence-corrected chi connectivity index (χ4v) is 3.48. The van der Waals surface area contributed by atoms with Crippen molar-refractivity contribution in [3.8, 4) is 0 Å². The molecular weight excluding hydrogens is 472 g/mol. The topological polar surface area (TPSA) is 102 Å². The molecule has 0 atom stereocenters. The fraction of sp³-hybridized carbons (Fsp3) is 0.174. The lowest BCUT2D eigenvalue weighted by molar-refractivity contribution is 0.101. The zero-order chi connectivity index (χ0) is 22.8. The Balaban J connectivity index is 1.53. The Kier molecular flexibility index (Phi) is 6.00. The van der Waals surface area contributed by atoms with Crippen molar-refractivity contribution < 1.29 is 9.59 Å². The molecule has 0 saturated heterocycles. The normalized spacial score (nSPS) is 11.0. The Hall–Kier alpha value is -3.59. The highest BCUT2D eigenvalue weighted by Gasteiger charge is 2.16. The van der Waals surface area contributed by atoms with Gasteiger partial charge in [-0.3, -0.25) is 9.59 Å². The summed E-state index contributed by atoms with van der Waals surface area (Å²) in [6.07, 6.45) is 3.31. The smallest absolute Gasteiger partial charge is 0.257 e. The van der Waals surface area contributed by atoms with Gasteiger partial charge in [-0.25, -0.2) is 14.6 Å². The summed E-state index contributed by atoms with van der Waals surface area (Å²) in [7, 11) is 0. The Labute approximate surface area is 193 Å². The molecule has 0 aliphatic carbocycles. The molecule has 3 aromatic heterocycles. The van der Waals surface area contributed by atoms with Crippen LogP contribution in [0.5, 0.6) is 0 Å². The molecule has 162 valence electrons. The van der Waals surface area contributed by atoms with E-state index in [1.165, 1.54) is 0 Å². The van der Waals surface area contributed by atoms with Gasteiger partial charge in [0.1, 0.15) is 5.82 Å². The van der Waals surface area contributed by atoms with E-state index < -0.39 is 0 Å². The van der Waals surface area contributed by atoms with Gasteiger partial charge in [-0.1, -0.05) is 6.07 Å². The highest BCUT2D eigenvalue weighted by atomic mass is 79.9. The summed E-state index contributed by atoms with van der Waals surface area (Å²) in [5, 5.41) is 10.7. The van der Waals surface area contributed by atoms with Gasteiger partial charge < -0.3 is 10.6 Å². The summed E-state index contributed by atoms with van der Waals surface area (Å²) in [5.74, 6) is -0.192. The second kappa shape index (κ2) is 8.88. The van der Waals surface area contributed by atoms with Gasteiger partial charge in [0.2, 0.25) is 0 Å². The molecule has 2 N–H and O–H groups in total. The minimum atomic E-state index is -0.323. The number of anilines is 2. The Morgan fingerprint density at radius 1 is 1.03 bits per heavy atom. The molecular formula is C23H21BrN6O2. The van der Waals surface area contributed by atoms with E-state index in [1.807, 2.05) is 18.5 Å². The molecule has 0 bridgehead atoms. The quantitative estimate of drug-likeness (QED) is 0.408. The molecule has 2 amide bonds. The van der Waals surface area contributed by atoms with E-state index in [1.54, 1.807) is 61.8 Å². The third-order valence-electron chi connectivity index (χ3n) is 4.85. The van der Waals surface area contributed by atoms with Crippen LogP contribution in [0.15, 0.2) is 59.3 Å². The molecule has 9 heteroatoms. The zero-order valence-corrected chi connectivity index (χ0v) is 19.3. The third kappa shape index (κ3) is 4.52. The number of halogens is 1. The van der Waals surface area contributed by atoms with Crippen LogP contribution in [0.25, 0.3) is 11.0 Å². The summed E-state index contributed by atoms with van der Waals surface area (Å²) in [6, 6.07) is 12.2. The van der Waals surface area contributed by atoms with Crippen LogP contribution in [0, 0.1) is 6.92 Å². The van der Waals surface area contributed by atoms with Crippen LogP contribution in [0.2, 0.25) is 0 Å². The summed E-state index contributed by atoms with van der Waals surface area (Å²) >= 11 is 3.31. The van der Waals surface area contributed by atoms with Crippen molar-refractivity contribution >= 4 is 50.3 Å². The Morgan fingerprint density at radius 3 is 2.56 bits per heavy atom. The molecule has 0 fully saturated rings. The number of amides is 2. The number of aryl methyl sites for hydroxylation is 1. The molecule has 1 aromatic carbocycles. The summed E-state index contributed by atoms with van der Waals surface area (Å²) in [5.41, 5.74) is 2.71. The van der Waals surface area contributed by atoms with Gasteiger partial charge in [-0.15, -0.1) is 0 Å². The summed E-state index contributed by atoms with van der Waals surface area (Å²) in [4.78, 5) is 34.2. The molecule has 0 aliphatic rings. The second-order valence-electron chi connectivity index (χ2n) is 7.57. The van der Waals surface area contributed by atoms with Crippen LogP contribution < -0.4 is 10.6 Å². The largest absolute Gasteiger partial charge is 0.322 e. The maximum Gasteiger partial charge on any atom is 0.257 e. The lowest BCUT2D eigenvalue weighted by atomic mass is 10.1. The van der Waals surface area contributed by atoms with Gasteiger partial charge >= 0.3 is 0 Å². The minimum absolute atomic E-state index is 0.167. The van der Waals surface area contributed by atoms with Crippen LogP contribution in [-0.4, -0.2) is 31.6 Å². The first kappa shape index (κ1) is 21.6. The molecule has 4 aromatic rings. The Morgan fingerprint density at radius 2 is 1.84 bits per heavy atom. The number of nitrogens with zero attached hydrogens (tertiary/aromatic N) is 4. The van der Waals surface area contributed by atoms with E-state index in [4.69, 9.17) is 0 Å². The first-order chi connectivity index (χ1) is 15.3. The minimum Gasteiger partial charge on any atom is -0.322 e. The van der Waals surface area contributed by atoms with E-state index in [2.05, 4.69) is 41.6 Å². The van der Waals surface area contributed by atoms with Crippen molar-refractivity contribution in [2.45, 2.75) is 26.8 Å². The van der Waals surface area contributed by atoms with Crippen molar-refractivity contribution in [3.05, 3.63) is 76.2 Å². The zero-order valence-electron chi connectivity index (χ0n) is 17.8. The lowest BCUT2D eigenvalue weighted by Crippen LogP contribution is -2.16. The van der Waals surface area contributed by atoms with Crippen LogP contribution >= 0.6 is 15.9 Å². The van der Waals surface area contributed by atoms with Crippen molar-refractivity contribution in [2.24, 2.45) is 0 Å². The average molecular weight is 493 g/mol. The molecule has 0 spiro atoms. The molecule has 0 saturated carbocycles. The van der Waals surface area contributed by atoms with Crippen LogP contribution in [-0.2, 0) is 0 Å². The van der Waals surface area contributed by atoms with E-state index >= 15 is 0 Å². The first-order valence-corrected chi connectivity index (χ1v) is 10.8. The van der Waals surface area contributed by atoms with Gasteiger partial charge in [0.25, 0.3) is 11.8 Å². The van der Waals surface area contributed by atoms with Crippen LogP contribution in [0.1, 0.15) is 46.3 Å². The van der Waals surface area contributed by atoms with Crippen molar-refractivity contribution in [3.63, 3.8) is 0 Å². The summed E-state index contributed by atoms with van der Waals surface area (Å²) < 4.78 is 2.64. The van der Waals surface area contributed by atoms with E-state index in [-0.39, 0.29) is 17.9 Å².